The lowest BCUT2D eigenvalue weighted by atomic mass is 9.77. The molecule has 0 amide bonds. The maximum absolute atomic E-state index is 5.99. The number of rotatable bonds is 2. The van der Waals surface area contributed by atoms with E-state index in [1.165, 1.54) is 17.5 Å². The van der Waals surface area contributed by atoms with Crippen LogP contribution in [0.2, 0.25) is 5.02 Å². The molecule has 106 valence electrons. The summed E-state index contributed by atoms with van der Waals surface area (Å²) in [7, 11) is 0. The molecule has 1 saturated heterocycles. The Bertz CT molecular complexity index is 524. The summed E-state index contributed by atoms with van der Waals surface area (Å²) >= 11 is 5.99. The van der Waals surface area contributed by atoms with Gasteiger partial charge in [0.1, 0.15) is 0 Å². The fraction of sp³-hybridized carbons (Fsp3) is 0.294. The van der Waals surface area contributed by atoms with Crippen LogP contribution in [0.15, 0.2) is 54.6 Å². The van der Waals surface area contributed by atoms with Gasteiger partial charge in [-0.2, -0.15) is 0 Å². The molecular weight excluding hydrogens is 289 g/mol. The molecule has 0 aliphatic carbocycles. The summed E-state index contributed by atoms with van der Waals surface area (Å²) in [6.45, 7) is 2.14. The van der Waals surface area contributed by atoms with E-state index in [4.69, 9.17) is 11.6 Å². The second-order valence-corrected chi connectivity index (χ2v) is 5.60. The zero-order chi connectivity index (χ0) is 13.1. The van der Waals surface area contributed by atoms with Gasteiger partial charge in [-0.1, -0.05) is 54.1 Å². The molecule has 2 aromatic carbocycles. The van der Waals surface area contributed by atoms with E-state index in [-0.39, 0.29) is 12.4 Å². The summed E-state index contributed by atoms with van der Waals surface area (Å²) in [6, 6.07) is 19.2. The Hall–Kier alpha value is -1.02. The fourth-order valence-electron chi connectivity index (χ4n) is 3.02. The number of hydrogen-bond donors (Lipinski definition) is 1. The smallest absolute Gasteiger partial charge is 0.0406 e. The number of nitrogens with one attached hydrogen (secondary N) is 1. The summed E-state index contributed by atoms with van der Waals surface area (Å²) in [4.78, 5) is 0. The summed E-state index contributed by atoms with van der Waals surface area (Å²) in [5, 5.41) is 4.32. The number of benzene rings is 2. The minimum atomic E-state index is 0. The van der Waals surface area contributed by atoms with Crippen LogP contribution in [0.25, 0.3) is 0 Å². The summed E-state index contributed by atoms with van der Waals surface area (Å²) in [5.74, 6) is 1.14. The molecule has 0 radical (unpaired) electrons. The quantitative estimate of drug-likeness (QED) is 0.853. The zero-order valence-corrected chi connectivity index (χ0v) is 12.8. The lowest BCUT2D eigenvalue weighted by Gasteiger charge is -2.33. The first kappa shape index (κ1) is 15.4. The number of piperidine rings is 1. The topological polar surface area (TPSA) is 12.0 Å². The summed E-state index contributed by atoms with van der Waals surface area (Å²) < 4.78 is 0. The van der Waals surface area contributed by atoms with Crippen molar-refractivity contribution in [1.29, 1.82) is 0 Å². The lowest BCUT2D eigenvalue weighted by molar-refractivity contribution is 0.404. The molecule has 0 spiro atoms. The monoisotopic (exact) mass is 307 g/mol. The van der Waals surface area contributed by atoms with E-state index in [0.29, 0.717) is 11.8 Å². The maximum Gasteiger partial charge on any atom is 0.0406 e. The van der Waals surface area contributed by atoms with Crippen LogP contribution in [0.1, 0.15) is 29.4 Å². The van der Waals surface area contributed by atoms with Crippen molar-refractivity contribution in [2.24, 2.45) is 0 Å². The van der Waals surface area contributed by atoms with Gasteiger partial charge in [0, 0.05) is 17.5 Å². The van der Waals surface area contributed by atoms with Gasteiger partial charge in [0.05, 0.1) is 0 Å². The molecule has 1 aliphatic heterocycles. The van der Waals surface area contributed by atoms with Crippen LogP contribution in [0, 0.1) is 0 Å². The van der Waals surface area contributed by atoms with Gasteiger partial charge >= 0.3 is 0 Å². The molecule has 0 aromatic heterocycles. The largest absolute Gasteiger partial charge is 0.316 e. The van der Waals surface area contributed by atoms with E-state index in [1.54, 1.807) is 0 Å². The molecule has 20 heavy (non-hydrogen) atoms. The van der Waals surface area contributed by atoms with Crippen molar-refractivity contribution in [2.45, 2.75) is 18.3 Å². The summed E-state index contributed by atoms with van der Waals surface area (Å²) in [5.41, 5.74) is 2.83. The molecule has 1 nitrogen and oxygen atoms in total. The Morgan fingerprint density at radius 2 is 1.50 bits per heavy atom. The third kappa shape index (κ3) is 3.35. The zero-order valence-electron chi connectivity index (χ0n) is 11.3. The van der Waals surface area contributed by atoms with Gasteiger partial charge in [-0.05, 0) is 42.1 Å². The van der Waals surface area contributed by atoms with Crippen LogP contribution in [0.3, 0.4) is 0 Å². The van der Waals surface area contributed by atoms with E-state index in [0.717, 1.165) is 18.1 Å². The van der Waals surface area contributed by atoms with E-state index in [2.05, 4.69) is 47.8 Å². The normalized spacial score (nSPS) is 22.1. The second kappa shape index (κ2) is 7.12. The highest BCUT2D eigenvalue weighted by Crippen LogP contribution is 2.37. The fourth-order valence-corrected chi connectivity index (χ4v) is 3.14. The highest BCUT2D eigenvalue weighted by Gasteiger charge is 2.27. The highest BCUT2D eigenvalue weighted by molar-refractivity contribution is 6.30. The molecule has 0 saturated carbocycles. The Balaban J connectivity index is 0.00000147. The molecule has 1 heterocycles. The van der Waals surface area contributed by atoms with E-state index >= 15 is 0 Å². The van der Waals surface area contributed by atoms with Crippen LogP contribution < -0.4 is 5.32 Å². The van der Waals surface area contributed by atoms with Gasteiger partial charge in [-0.3, -0.25) is 0 Å². The lowest BCUT2D eigenvalue weighted by Crippen LogP contribution is -2.33. The predicted molar refractivity (Wildman–Crippen MR) is 88.1 cm³/mol. The van der Waals surface area contributed by atoms with Gasteiger partial charge < -0.3 is 5.32 Å². The van der Waals surface area contributed by atoms with E-state index < -0.39 is 0 Å². The Labute approximate surface area is 131 Å². The van der Waals surface area contributed by atoms with Crippen LogP contribution in [-0.2, 0) is 0 Å². The number of halogens is 2. The van der Waals surface area contributed by atoms with Crippen molar-refractivity contribution >= 4 is 24.0 Å². The van der Waals surface area contributed by atoms with Crippen molar-refractivity contribution < 1.29 is 0 Å². The molecule has 1 N–H and O–H groups in total. The molecule has 2 aromatic rings. The van der Waals surface area contributed by atoms with Gasteiger partial charge in [0.25, 0.3) is 0 Å². The van der Waals surface area contributed by atoms with Crippen LogP contribution in [-0.4, -0.2) is 13.1 Å². The SMILES string of the molecule is Cl.Clc1ccc(C2CNCCC2c2ccccc2)cc1. The molecule has 3 heteroatoms. The number of hydrogen-bond acceptors (Lipinski definition) is 1. The van der Waals surface area contributed by atoms with Crippen molar-refractivity contribution in [3.8, 4) is 0 Å². The molecule has 3 rings (SSSR count). The first-order valence-electron chi connectivity index (χ1n) is 6.86. The average Bonchev–Trinajstić information content (AvgIpc) is 2.49. The minimum absolute atomic E-state index is 0. The average molecular weight is 308 g/mol. The van der Waals surface area contributed by atoms with Crippen molar-refractivity contribution in [3.05, 3.63) is 70.7 Å². The Morgan fingerprint density at radius 3 is 2.20 bits per heavy atom. The van der Waals surface area contributed by atoms with Gasteiger partial charge in [0.15, 0.2) is 0 Å². The van der Waals surface area contributed by atoms with Crippen LogP contribution in [0.5, 0.6) is 0 Å². The molecular formula is C17H19Cl2N. The minimum Gasteiger partial charge on any atom is -0.316 e. The first-order valence-corrected chi connectivity index (χ1v) is 7.23. The van der Waals surface area contributed by atoms with Crippen LogP contribution in [0.4, 0.5) is 0 Å². The van der Waals surface area contributed by atoms with E-state index in [9.17, 15) is 0 Å². The van der Waals surface area contributed by atoms with E-state index in [1.807, 2.05) is 12.1 Å². The van der Waals surface area contributed by atoms with Crippen LogP contribution >= 0.6 is 24.0 Å². The third-order valence-corrected chi connectivity index (χ3v) is 4.26. The third-order valence-electron chi connectivity index (χ3n) is 4.01. The molecule has 0 bridgehead atoms. The molecule has 2 unspecified atom stereocenters. The molecule has 1 fully saturated rings. The van der Waals surface area contributed by atoms with Gasteiger partial charge in [-0.15, -0.1) is 12.4 Å². The predicted octanol–water partition coefficient (Wildman–Crippen LogP) is 4.62. The Kier molecular flexibility index (Phi) is 5.47. The van der Waals surface area contributed by atoms with Crippen molar-refractivity contribution in [3.63, 3.8) is 0 Å². The summed E-state index contributed by atoms with van der Waals surface area (Å²) in [6.07, 6.45) is 1.19. The van der Waals surface area contributed by atoms with Gasteiger partial charge in [0.2, 0.25) is 0 Å². The molecule has 2 atom stereocenters. The van der Waals surface area contributed by atoms with Crippen molar-refractivity contribution in [1.82, 2.24) is 5.32 Å². The second-order valence-electron chi connectivity index (χ2n) is 5.17. The first-order chi connectivity index (χ1) is 9.34. The maximum atomic E-state index is 5.99. The van der Waals surface area contributed by atoms with Gasteiger partial charge in [-0.25, -0.2) is 0 Å². The molecule has 1 aliphatic rings. The van der Waals surface area contributed by atoms with Crippen molar-refractivity contribution in [2.75, 3.05) is 13.1 Å². The highest BCUT2D eigenvalue weighted by atomic mass is 35.5. The Morgan fingerprint density at radius 1 is 0.850 bits per heavy atom. The standard InChI is InChI=1S/C17H18ClN.ClH/c18-15-8-6-14(7-9-15)17-12-19-11-10-16(17)13-4-2-1-3-5-13;/h1-9,16-17,19H,10-12H2;1H.